The van der Waals surface area contributed by atoms with Crippen LogP contribution >= 0.6 is 11.8 Å². The first-order valence-corrected chi connectivity index (χ1v) is 11.1. The van der Waals surface area contributed by atoms with E-state index >= 15 is 0 Å². The molecule has 0 spiro atoms. The number of anilines is 2. The fraction of sp³-hybridized carbons (Fsp3) is 0.304. The number of thioether (sulfide) groups is 1. The number of aryl methyl sites for hydroxylation is 1. The van der Waals surface area contributed by atoms with Gasteiger partial charge in [-0.1, -0.05) is 11.6 Å². The smallest absolute Gasteiger partial charge is 0.272 e. The molecule has 0 atom stereocenters. The maximum atomic E-state index is 13.0. The molecule has 0 aliphatic carbocycles. The van der Waals surface area contributed by atoms with Gasteiger partial charge in [0.25, 0.3) is 5.91 Å². The van der Waals surface area contributed by atoms with Crippen LogP contribution in [0.4, 0.5) is 11.4 Å². The molecule has 1 fully saturated rings. The Kier molecular flexibility index (Phi) is 5.90. The van der Waals surface area contributed by atoms with E-state index < -0.39 is 0 Å². The molecule has 1 aliphatic heterocycles. The molecule has 2 aromatic carbocycles. The van der Waals surface area contributed by atoms with E-state index in [-0.39, 0.29) is 5.91 Å². The van der Waals surface area contributed by atoms with Crippen molar-refractivity contribution in [2.45, 2.75) is 13.8 Å². The van der Waals surface area contributed by atoms with Gasteiger partial charge in [-0.15, -0.1) is 0 Å². The fourth-order valence-corrected chi connectivity index (χ4v) is 4.34. The van der Waals surface area contributed by atoms with E-state index in [1.807, 2.05) is 66.1 Å². The van der Waals surface area contributed by atoms with Gasteiger partial charge in [0.15, 0.2) is 0 Å². The minimum Gasteiger partial charge on any atom is -0.494 e. The van der Waals surface area contributed by atoms with Crippen LogP contribution in [0.15, 0.2) is 48.5 Å². The number of hydrogen-bond donors (Lipinski definition) is 1. The first-order valence-electron chi connectivity index (χ1n) is 9.92. The molecule has 1 aromatic heterocycles. The summed E-state index contributed by atoms with van der Waals surface area (Å²) in [5, 5.41) is 4.48. The summed E-state index contributed by atoms with van der Waals surface area (Å²) in [6.07, 6.45) is 0. The second kappa shape index (κ2) is 8.74. The molecule has 29 heavy (non-hydrogen) atoms. The number of amides is 1. The van der Waals surface area contributed by atoms with Crippen molar-refractivity contribution in [1.29, 1.82) is 0 Å². The number of pyridine rings is 1. The molecular weight excluding hydrogens is 382 g/mol. The van der Waals surface area contributed by atoms with Crippen LogP contribution in [-0.4, -0.2) is 47.0 Å². The van der Waals surface area contributed by atoms with E-state index in [1.54, 1.807) is 0 Å². The van der Waals surface area contributed by atoms with Gasteiger partial charge in [0.1, 0.15) is 11.4 Å². The second-order valence-corrected chi connectivity index (χ2v) is 8.29. The highest BCUT2D eigenvalue weighted by molar-refractivity contribution is 7.99. The Hall–Kier alpha value is -2.73. The van der Waals surface area contributed by atoms with E-state index in [0.717, 1.165) is 58.2 Å². The fourth-order valence-electron chi connectivity index (χ4n) is 3.44. The van der Waals surface area contributed by atoms with Crippen LogP contribution in [-0.2, 0) is 0 Å². The van der Waals surface area contributed by atoms with Gasteiger partial charge in [0, 0.05) is 35.7 Å². The second-order valence-electron chi connectivity index (χ2n) is 7.06. The molecule has 6 heteroatoms. The van der Waals surface area contributed by atoms with E-state index in [0.29, 0.717) is 12.3 Å². The number of aromatic nitrogens is 1. The van der Waals surface area contributed by atoms with E-state index in [2.05, 4.69) is 23.3 Å². The van der Waals surface area contributed by atoms with E-state index in [4.69, 9.17) is 4.74 Å². The SMILES string of the molecule is CCOc1ccc(Nc2cc(C(=O)N3CCSCC3)nc3ccc(C)cc23)cc1. The molecule has 1 N–H and O–H groups in total. The molecule has 0 radical (unpaired) electrons. The van der Waals surface area contributed by atoms with Gasteiger partial charge in [0.05, 0.1) is 17.8 Å². The van der Waals surface area contributed by atoms with E-state index in [9.17, 15) is 4.79 Å². The zero-order chi connectivity index (χ0) is 20.2. The highest BCUT2D eigenvalue weighted by Crippen LogP contribution is 2.29. The van der Waals surface area contributed by atoms with Crippen LogP contribution < -0.4 is 10.1 Å². The average molecular weight is 408 g/mol. The van der Waals surface area contributed by atoms with Crippen LogP contribution in [0.25, 0.3) is 10.9 Å². The van der Waals surface area contributed by atoms with Gasteiger partial charge in [-0.3, -0.25) is 4.79 Å². The number of fused-ring (bicyclic) bond motifs is 1. The van der Waals surface area contributed by atoms with Gasteiger partial charge in [-0.05, 0) is 56.3 Å². The summed E-state index contributed by atoms with van der Waals surface area (Å²) in [5.41, 5.74) is 4.29. The third-order valence-electron chi connectivity index (χ3n) is 4.93. The summed E-state index contributed by atoms with van der Waals surface area (Å²) < 4.78 is 5.53. The lowest BCUT2D eigenvalue weighted by atomic mass is 10.1. The Morgan fingerprint density at radius 1 is 1.14 bits per heavy atom. The van der Waals surface area contributed by atoms with Crippen molar-refractivity contribution in [1.82, 2.24) is 9.88 Å². The Balaban J connectivity index is 1.70. The van der Waals surface area contributed by atoms with Crippen LogP contribution in [0.2, 0.25) is 0 Å². The van der Waals surface area contributed by atoms with Crippen LogP contribution in [0.3, 0.4) is 0 Å². The minimum atomic E-state index is 0.00233. The highest BCUT2D eigenvalue weighted by atomic mass is 32.2. The van der Waals surface area contributed by atoms with Crippen molar-refractivity contribution in [2.75, 3.05) is 36.5 Å². The zero-order valence-corrected chi connectivity index (χ0v) is 17.6. The van der Waals surface area contributed by atoms with Gasteiger partial charge < -0.3 is 15.0 Å². The first kappa shape index (κ1) is 19.6. The molecule has 1 saturated heterocycles. The number of nitrogens with one attached hydrogen (secondary N) is 1. The minimum absolute atomic E-state index is 0.00233. The maximum absolute atomic E-state index is 13.0. The van der Waals surface area contributed by atoms with Crippen LogP contribution in [0.5, 0.6) is 5.75 Å². The topological polar surface area (TPSA) is 54.5 Å². The molecule has 5 nitrogen and oxygen atoms in total. The number of carbonyl (C=O) groups is 1. The number of hydrogen-bond acceptors (Lipinski definition) is 5. The molecule has 2 heterocycles. The molecule has 0 bridgehead atoms. The quantitative estimate of drug-likeness (QED) is 0.654. The normalized spacial score (nSPS) is 14.1. The Morgan fingerprint density at radius 2 is 1.90 bits per heavy atom. The summed E-state index contributed by atoms with van der Waals surface area (Å²) >= 11 is 1.89. The third kappa shape index (κ3) is 4.48. The predicted molar refractivity (Wildman–Crippen MR) is 121 cm³/mol. The summed E-state index contributed by atoms with van der Waals surface area (Å²) in [5.74, 6) is 2.81. The van der Waals surface area contributed by atoms with E-state index in [1.165, 1.54) is 0 Å². The lowest BCUT2D eigenvalue weighted by molar-refractivity contribution is 0.0767. The standard InChI is InChI=1S/C23H25N3O2S/c1-3-28-18-7-5-17(6-8-18)24-21-15-22(23(27)26-10-12-29-13-11-26)25-20-9-4-16(2)14-19(20)21/h4-9,14-15H,3,10-13H2,1-2H3,(H,24,25). The maximum Gasteiger partial charge on any atom is 0.272 e. The summed E-state index contributed by atoms with van der Waals surface area (Å²) in [4.78, 5) is 19.6. The largest absolute Gasteiger partial charge is 0.494 e. The van der Waals surface area contributed by atoms with Crippen molar-refractivity contribution in [3.63, 3.8) is 0 Å². The summed E-state index contributed by atoms with van der Waals surface area (Å²) in [6.45, 7) is 6.22. The van der Waals surface area contributed by atoms with Gasteiger partial charge in [-0.2, -0.15) is 11.8 Å². The van der Waals surface area contributed by atoms with Gasteiger partial charge >= 0.3 is 0 Å². The average Bonchev–Trinajstić information content (AvgIpc) is 2.75. The van der Waals surface area contributed by atoms with Gasteiger partial charge in [-0.25, -0.2) is 4.98 Å². The van der Waals surface area contributed by atoms with Crippen molar-refractivity contribution >= 4 is 39.9 Å². The molecule has 0 saturated carbocycles. The van der Waals surface area contributed by atoms with Crippen LogP contribution in [0.1, 0.15) is 23.0 Å². The molecule has 1 amide bonds. The van der Waals surface area contributed by atoms with Crippen LogP contribution in [0, 0.1) is 6.92 Å². The summed E-state index contributed by atoms with van der Waals surface area (Å²) in [7, 11) is 0. The molecule has 4 rings (SSSR count). The lowest BCUT2D eigenvalue weighted by Gasteiger charge is -2.26. The number of carbonyl (C=O) groups excluding carboxylic acids is 1. The Bertz CT molecular complexity index is 1010. The van der Waals surface area contributed by atoms with Crippen molar-refractivity contribution in [3.8, 4) is 5.75 Å². The molecular formula is C23H25N3O2S. The summed E-state index contributed by atoms with van der Waals surface area (Å²) in [6, 6.07) is 15.8. The Labute approximate surface area is 175 Å². The zero-order valence-electron chi connectivity index (χ0n) is 16.8. The highest BCUT2D eigenvalue weighted by Gasteiger charge is 2.21. The lowest BCUT2D eigenvalue weighted by Crippen LogP contribution is -2.38. The number of benzene rings is 2. The third-order valence-corrected chi connectivity index (χ3v) is 5.87. The van der Waals surface area contributed by atoms with Crippen molar-refractivity contribution < 1.29 is 9.53 Å². The first-order chi connectivity index (χ1) is 14.1. The Morgan fingerprint density at radius 3 is 2.62 bits per heavy atom. The predicted octanol–water partition coefficient (Wildman–Crippen LogP) is 4.87. The molecule has 0 unspecified atom stereocenters. The molecule has 150 valence electrons. The van der Waals surface area contributed by atoms with Crippen molar-refractivity contribution in [2.24, 2.45) is 0 Å². The monoisotopic (exact) mass is 407 g/mol. The molecule has 1 aliphatic rings. The number of nitrogens with zero attached hydrogens (tertiary/aromatic N) is 2. The molecule has 3 aromatic rings. The van der Waals surface area contributed by atoms with Crippen molar-refractivity contribution in [3.05, 3.63) is 59.8 Å². The number of rotatable bonds is 5. The van der Waals surface area contributed by atoms with Gasteiger partial charge in [0.2, 0.25) is 0 Å². The number of ether oxygens (including phenoxy) is 1.